The molecule has 1 atom stereocenters. The van der Waals surface area contributed by atoms with E-state index in [1.54, 1.807) is 4.90 Å². The number of aromatic nitrogens is 1. The van der Waals surface area contributed by atoms with Gasteiger partial charge >= 0.3 is 12.1 Å². The zero-order chi connectivity index (χ0) is 21.3. The van der Waals surface area contributed by atoms with Crippen LogP contribution in [0.1, 0.15) is 39.8 Å². The molecule has 3 rings (SSSR count). The van der Waals surface area contributed by atoms with E-state index in [1.807, 2.05) is 0 Å². The molecule has 0 N–H and O–H groups in total. The van der Waals surface area contributed by atoms with E-state index in [4.69, 9.17) is 11.6 Å². The van der Waals surface area contributed by atoms with Gasteiger partial charge in [0.1, 0.15) is 5.69 Å². The molecule has 7 nitrogen and oxygen atoms in total. The van der Waals surface area contributed by atoms with E-state index in [2.05, 4.69) is 9.72 Å². The van der Waals surface area contributed by atoms with Gasteiger partial charge in [-0.05, 0) is 18.9 Å². The van der Waals surface area contributed by atoms with Crippen molar-refractivity contribution < 1.29 is 27.6 Å². The number of nitro groups is 1. The highest BCUT2D eigenvalue weighted by atomic mass is 35.5. The number of nitro benzene ring substituents is 1. The van der Waals surface area contributed by atoms with Crippen molar-refractivity contribution in [3.05, 3.63) is 48.9 Å². The van der Waals surface area contributed by atoms with Crippen molar-refractivity contribution in [2.24, 2.45) is 0 Å². The van der Waals surface area contributed by atoms with Crippen molar-refractivity contribution in [3.8, 4) is 0 Å². The number of hydrogen-bond donors (Lipinski definition) is 0. The van der Waals surface area contributed by atoms with E-state index in [-0.39, 0.29) is 34.4 Å². The van der Waals surface area contributed by atoms with Gasteiger partial charge in [0.25, 0.3) is 5.69 Å². The lowest BCUT2D eigenvalue weighted by molar-refractivity contribution is -0.384. The van der Waals surface area contributed by atoms with Crippen LogP contribution >= 0.6 is 22.9 Å². The molecule has 0 radical (unpaired) electrons. The number of carbonyl (C=O) groups excluding carboxylic acids is 1. The van der Waals surface area contributed by atoms with Gasteiger partial charge in [0, 0.05) is 30.5 Å². The Morgan fingerprint density at radius 3 is 2.76 bits per heavy atom. The van der Waals surface area contributed by atoms with Crippen LogP contribution in [0, 0.1) is 10.1 Å². The first kappa shape index (κ1) is 21.3. The van der Waals surface area contributed by atoms with Crippen LogP contribution in [-0.2, 0) is 10.9 Å². The Morgan fingerprint density at radius 2 is 2.17 bits per heavy atom. The summed E-state index contributed by atoms with van der Waals surface area (Å²) >= 11 is 7.04. The molecule has 0 amide bonds. The molecule has 156 valence electrons. The van der Waals surface area contributed by atoms with E-state index in [1.165, 1.54) is 6.07 Å². The second-order valence-corrected chi connectivity index (χ2v) is 7.72. The zero-order valence-electron chi connectivity index (χ0n) is 15.0. The van der Waals surface area contributed by atoms with Crippen LogP contribution in [0.15, 0.2) is 17.5 Å². The largest absolute Gasteiger partial charge is 0.465 e. The summed E-state index contributed by atoms with van der Waals surface area (Å²) in [5.74, 6) is -1.10. The van der Waals surface area contributed by atoms with Crippen LogP contribution < -0.4 is 4.90 Å². The number of ether oxygens (including phenoxy) is 1. The molecule has 2 heterocycles. The van der Waals surface area contributed by atoms with Gasteiger partial charge < -0.3 is 9.64 Å². The minimum absolute atomic E-state index is 0.00632. The first-order valence-electron chi connectivity index (χ1n) is 8.45. The quantitative estimate of drug-likeness (QED) is 0.375. The molecule has 1 fully saturated rings. The lowest BCUT2D eigenvalue weighted by Gasteiger charge is -2.33. The molecule has 0 spiro atoms. The first-order valence-corrected chi connectivity index (χ1v) is 9.71. The highest BCUT2D eigenvalue weighted by Gasteiger charge is 2.36. The molecule has 0 saturated carbocycles. The smallest absolute Gasteiger partial charge is 0.434 e. The number of thiazole rings is 1. The molecule has 1 aliphatic rings. The maximum Gasteiger partial charge on any atom is 0.434 e. The zero-order valence-corrected chi connectivity index (χ0v) is 16.6. The second-order valence-electron chi connectivity index (χ2n) is 6.42. The molecular weight excluding hydrogens is 435 g/mol. The van der Waals surface area contributed by atoms with Gasteiger partial charge in [0.05, 0.1) is 27.6 Å². The van der Waals surface area contributed by atoms with Crippen molar-refractivity contribution in [2.45, 2.75) is 24.9 Å². The number of carbonyl (C=O) groups is 1. The van der Waals surface area contributed by atoms with Gasteiger partial charge in [-0.3, -0.25) is 10.1 Å². The van der Waals surface area contributed by atoms with Crippen LogP contribution in [0.5, 0.6) is 0 Å². The van der Waals surface area contributed by atoms with Crippen molar-refractivity contribution >= 4 is 40.3 Å². The lowest BCUT2D eigenvalue weighted by Crippen LogP contribution is -2.35. The predicted molar refractivity (Wildman–Crippen MR) is 101 cm³/mol. The van der Waals surface area contributed by atoms with Gasteiger partial charge in [0.15, 0.2) is 5.69 Å². The summed E-state index contributed by atoms with van der Waals surface area (Å²) in [6.45, 7) is 0.711. The monoisotopic (exact) mass is 449 g/mol. The van der Waals surface area contributed by atoms with E-state index < -0.39 is 22.8 Å². The second kappa shape index (κ2) is 8.15. The van der Waals surface area contributed by atoms with Crippen LogP contribution in [-0.4, -0.2) is 36.1 Å². The van der Waals surface area contributed by atoms with E-state index in [0.717, 1.165) is 29.9 Å². The van der Waals surface area contributed by atoms with E-state index >= 15 is 0 Å². The molecule has 12 heteroatoms. The third-order valence-electron chi connectivity index (χ3n) is 4.59. The number of esters is 1. The number of halogens is 4. The molecule has 1 aliphatic heterocycles. The van der Waals surface area contributed by atoms with Crippen LogP contribution in [0.25, 0.3) is 0 Å². The average Bonchev–Trinajstić information content (AvgIpc) is 3.18. The molecule has 1 aromatic carbocycles. The molecule has 0 aliphatic carbocycles. The van der Waals surface area contributed by atoms with E-state index in [9.17, 15) is 28.1 Å². The number of hydrogen-bond acceptors (Lipinski definition) is 7. The molecule has 29 heavy (non-hydrogen) atoms. The van der Waals surface area contributed by atoms with Crippen LogP contribution in [0.3, 0.4) is 0 Å². The van der Waals surface area contributed by atoms with Gasteiger partial charge in [-0.15, -0.1) is 11.3 Å². The fraction of sp³-hybridized carbons (Fsp3) is 0.412. The Kier molecular flexibility index (Phi) is 5.99. The summed E-state index contributed by atoms with van der Waals surface area (Å²) in [6, 6.07) is 2.37. The Bertz CT molecular complexity index is 950. The van der Waals surface area contributed by atoms with Gasteiger partial charge in [0.2, 0.25) is 0 Å². The first-order chi connectivity index (χ1) is 13.6. The Labute approximate surface area is 172 Å². The molecule has 2 aromatic rings. The molecule has 1 unspecified atom stereocenters. The summed E-state index contributed by atoms with van der Waals surface area (Å²) in [5.41, 5.74) is -1.20. The summed E-state index contributed by atoms with van der Waals surface area (Å²) in [5, 5.41) is 12.9. The summed E-state index contributed by atoms with van der Waals surface area (Å²) < 4.78 is 43.1. The normalized spacial score (nSPS) is 17.3. The van der Waals surface area contributed by atoms with Crippen molar-refractivity contribution in [1.82, 2.24) is 4.98 Å². The van der Waals surface area contributed by atoms with Crippen molar-refractivity contribution in [3.63, 3.8) is 0 Å². The highest BCUT2D eigenvalue weighted by Crippen LogP contribution is 2.39. The number of piperidine rings is 1. The highest BCUT2D eigenvalue weighted by molar-refractivity contribution is 7.09. The standard InChI is InChI=1S/C17H15ClF3N3O4S/c1-28-16(25)10-5-13(24(26)27)12(6-11(10)18)23-4-2-3-9(7-23)15-22-14(8-29-15)17(19,20)21/h5-6,8-9H,2-4,7H2,1H3. The number of alkyl halides is 3. The molecule has 1 saturated heterocycles. The van der Waals surface area contributed by atoms with Gasteiger partial charge in [-0.1, -0.05) is 11.6 Å². The van der Waals surface area contributed by atoms with E-state index in [0.29, 0.717) is 24.4 Å². The number of benzene rings is 1. The molecule has 1 aromatic heterocycles. The molecule has 0 bridgehead atoms. The topological polar surface area (TPSA) is 85.6 Å². The average molecular weight is 450 g/mol. The minimum Gasteiger partial charge on any atom is -0.465 e. The van der Waals surface area contributed by atoms with Crippen LogP contribution in [0.2, 0.25) is 5.02 Å². The number of nitrogens with zero attached hydrogens (tertiary/aromatic N) is 3. The number of anilines is 1. The van der Waals surface area contributed by atoms with Gasteiger partial charge in [-0.25, -0.2) is 9.78 Å². The lowest BCUT2D eigenvalue weighted by atomic mass is 9.97. The summed E-state index contributed by atoms with van der Waals surface area (Å²) in [6.07, 6.45) is -3.29. The summed E-state index contributed by atoms with van der Waals surface area (Å²) in [4.78, 5) is 28.1. The Hall–Kier alpha value is -2.40. The maximum absolute atomic E-state index is 12.8. The SMILES string of the molecule is COC(=O)c1cc([N+](=O)[O-])c(N2CCCC(c3nc(C(F)(F)F)cs3)C2)cc1Cl. The molecular formula is C17H15ClF3N3O4S. The van der Waals surface area contributed by atoms with Crippen molar-refractivity contribution in [2.75, 3.05) is 25.1 Å². The predicted octanol–water partition coefficient (Wildman–Crippen LogP) is 4.89. The number of methoxy groups -OCH3 is 1. The third kappa shape index (κ3) is 4.45. The Morgan fingerprint density at radius 1 is 1.45 bits per heavy atom. The van der Waals surface area contributed by atoms with Crippen molar-refractivity contribution in [1.29, 1.82) is 0 Å². The summed E-state index contributed by atoms with van der Waals surface area (Å²) in [7, 11) is 1.14. The minimum atomic E-state index is -4.51. The number of rotatable bonds is 4. The maximum atomic E-state index is 12.8. The Balaban J connectivity index is 1.92. The third-order valence-corrected chi connectivity index (χ3v) is 5.91. The van der Waals surface area contributed by atoms with Gasteiger partial charge in [-0.2, -0.15) is 13.2 Å². The fourth-order valence-corrected chi connectivity index (χ4v) is 4.41. The fourth-order valence-electron chi connectivity index (χ4n) is 3.22. The van der Waals surface area contributed by atoms with Crippen LogP contribution in [0.4, 0.5) is 24.5 Å².